The van der Waals surface area contributed by atoms with E-state index in [9.17, 15) is 4.79 Å². The molecule has 0 N–H and O–H groups in total. The molecule has 1 aliphatic heterocycles. The predicted molar refractivity (Wildman–Crippen MR) is 98.9 cm³/mol. The Kier molecular flexibility index (Phi) is 5.98. The van der Waals surface area contributed by atoms with E-state index in [1.54, 1.807) is 19.0 Å². The van der Waals surface area contributed by atoms with Crippen LogP contribution >= 0.6 is 23.4 Å². The highest BCUT2D eigenvalue weighted by Crippen LogP contribution is 2.27. The van der Waals surface area contributed by atoms with Crippen molar-refractivity contribution in [1.29, 1.82) is 0 Å². The molecule has 0 bridgehead atoms. The van der Waals surface area contributed by atoms with Crippen molar-refractivity contribution in [3.05, 3.63) is 29.3 Å². The van der Waals surface area contributed by atoms with E-state index >= 15 is 0 Å². The minimum atomic E-state index is 0.0460. The summed E-state index contributed by atoms with van der Waals surface area (Å²) in [7, 11) is 3.50. The molecule has 1 saturated heterocycles. The molecule has 1 atom stereocenters. The van der Waals surface area contributed by atoms with Crippen molar-refractivity contribution in [2.45, 2.75) is 30.6 Å². The first-order valence-electron chi connectivity index (χ1n) is 8.18. The molecule has 134 valence electrons. The molecule has 8 heteroatoms. The molecule has 2 heterocycles. The number of hydrogen-bond acceptors (Lipinski definition) is 5. The average molecular weight is 381 g/mol. The van der Waals surface area contributed by atoms with Crippen molar-refractivity contribution in [2.75, 3.05) is 26.5 Å². The van der Waals surface area contributed by atoms with Crippen LogP contribution in [0.4, 0.5) is 0 Å². The zero-order valence-electron chi connectivity index (χ0n) is 14.3. The van der Waals surface area contributed by atoms with E-state index in [-0.39, 0.29) is 12.0 Å². The summed E-state index contributed by atoms with van der Waals surface area (Å²) in [5.74, 6) is 1.15. The van der Waals surface area contributed by atoms with Crippen LogP contribution in [0, 0.1) is 0 Å². The number of benzene rings is 1. The van der Waals surface area contributed by atoms with Crippen LogP contribution in [0.2, 0.25) is 5.02 Å². The Bertz CT molecular complexity index is 727. The lowest BCUT2D eigenvalue weighted by Gasteiger charge is -2.15. The van der Waals surface area contributed by atoms with Crippen molar-refractivity contribution in [3.63, 3.8) is 0 Å². The van der Waals surface area contributed by atoms with Crippen molar-refractivity contribution in [1.82, 2.24) is 19.7 Å². The number of hydrogen-bond donors (Lipinski definition) is 0. The molecule has 0 spiro atoms. The van der Waals surface area contributed by atoms with E-state index in [0.29, 0.717) is 17.3 Å². The van der Waals surface area contributed by atoms with Crippen LogP contribution in [-0.4, -0.2) is 58.1 Å². The Labute approximate surface area is 156 Å². The van der Waals surface area contributed by atoms with E-state index in [1.165, 1.54) is 11.8 Å². The molecule has 25 heavy (non-hydrogen) atoms. The standard InChI is InChI=1S/C17H21ClN4O2S/c1-21(2)15(23)11-25-17-20-19-16(12-5-7-13(18)8-6-12)22(17)10-14-4-3-9-24-14/h5-8,14H,3-4,9-11H2,1-2H3/t14-/m1/s1. The maximum Gasteiger partial charge on any atom is 0.232 e. The molecule has 1 aromatic carbocycles. The van der Waals surface area contributed by atoms with Gasteiger partial charge in [-0.25, -0.2) is 0 Å². The van der Waals surface area contributed by atoms with Gasteiger partial charge < -0.3 is 9.64 Å². The molecular formula is C17H21ClN4O2S. The highest BCUT2D eigenvalue weighted by molar-refractivity contribution is 7.99. The number of ether oxygens (including phenoxy) is 1. The van der Waals surface area contributed by atoms with Gasteiger partial charge >= 0.3 is 0 Å². The Morgan fingerprint density at radius 1 is 1.36 bits per heavy atom. The van der Waals surface area contributed by atoms with E-state index in [4.69, 9.17) is 16.3 Å². The van der Waals surface area contributed by atoms with Crippen LogP contribution < -0.4 is 0 Å². The molecule has 0 aliphatic carbocycles. The Morgan fingerprint density at radius 2 is 2.12 bits per heavy atom. The van der Waals surface area contributed by atoms with Crippen LogP contribution in [0.15, 0.2) is 29.4 Å². The fraction of sp³-hybridized carbons (Fsp3) is 0.471. The zero-order chi connectivity index (χ0) is 17.8. The lowest BCUT2D eigenvalue weighted by atomic mass is 10.2. The Balaban J connectivity index is 1.86. The molecule has 1 aromatic heterocycles. The fourth-order valence-electron chi connectivity index (χ4n) is 2.62. The molecule has 0 radical (unpaired) electrons. The van der Waals surface area contributed by atoms with E-state index in [2.05, 4.69) is 10.2 Å². The maximum atomic E-state index is 11.9. The Morgan fingerprint density at radius 3 is 2.76 bits per heavy atom. The molecule has 0 saturated carbocycles. The van der Waals surface area contributed by atoms with Gasteiger partial charge in [0.05, 0.1) is 18.4 Å². The summed E-state index contributed by atoms with van der Waals surface area (Å²) in [6, 6.07) is 7.53. The molecule has 6 nitrogen and oxygen atoms in total. The number of thioether (sulfide) groups is 1. The zero-order valence-corrected chi connectivity index (χ0v) is 15.9. The summed E-state index contributed by atoms with van der Waals surface area (Å²) < 4.78 is 7.82. The second kappa shape index (κ2) is 8.21. The van der Waals surface area contributed by atoms with E-state index in [0.717, 1.165) is 36.0 Å². The average Bonchev–Trinajstić information content (AvgIpc) is 3.24. The second-order valence-corrected chi connectivity index (χ2v) is 7.51. The van der Waals surface area contributed by atoms with Crippen LogP contribution in [0.3, 0.4) is 0 Å². The van der Waals surface area contributed by atoms with Gasteiger partial charge in [0.25, 0.3) is 0 Å². The smallest absolute Gasteiger partial charge is 0.232 e. The lowest BCUT2D eigenvalue weighted by molar-refractivity contribution is -0.125. The van der Waals surface area contributed by atoms with Gasteiger partial charge in [0, 0.05) is 31.3 Å². The third kappa shape index (κ3) is 4.54. The maximum absolute atomic E-state index is 11.9. The normalized spacial score (nSPS) is 17.0. The summed E-state index contributed by atoms with van der Waals surface area (Å²) in [6.07, 6.45) is 2.26. The summed E-state index contributed by atoms with van der Waals surface area (Å²) in [5.41, 5.74) is 0.945. The fourth-order valence-corrected chi connectivity index (χ4v) is 3.67. The number of carbonyl (C=O) groups is 1. The molecule has 0 unspecified atom stereocenters. The van der Waals surface area contributed by atoms with Crippen molar-refractivity contribution < 1.29 is 9.53 Å². The first-order chi connectivity index (χ1) is 12.0. The Hall–Kier alpha value is -1.57. The largest absolute Gasteiger partial charge is 0.376 e. The van der Waals surface area contributed by atoms with Crippen molar-refractivity contribution in [3.8, 4) is 11.4 Å². The first kappa shape index (κ1) is 18.2. The van der Waals surface area contributed by atoms with Gasteiger partial charge in [-0.2, -0.15) is 0 Å². The van der Waals surface area contributed by atoms with Crippen molar-refractivity contribution in [2.24, 2.45) is 0 Å². The van der Waals surface area contributed by atoms with Crippen molar-refractivity contribution >= 4 is 29.3 Å². The number of nitrogens with zero attached hydrogens (tertiary/aromatic N) is 4. The summed E-state index contributed by atoms with van der Waals surface area (Å²) in [4.78, 5) is 13.5. The molecule has 2 aromatic rings. The van der Waals surface area contributed by atoms with Gasteiger partial charge in [-0.1, -0.05) is 23.4 Å². The van der Waals surface area contributed by atoms with Gasteiger partial charge in [0.15, 0.2) is 11.0 Å². The quantitative estimate of drug-likeness (QED) is 0.721. The summed E-state index contributed by atoms with van der Waals surface area (Å²) in [6.45, 7) is 1.48. The van der Waals surface area contributed by atoms with Gasteiger partial charge in [0.1, 0.15) is 0 Å². The number of halogens is 1. The monoisotopic (exact) mass is 380 g/mol. The SMILES string of the molecule is CN(C)C(=O)CSc1nnc(-c2ccc(Cl)cc2)n1C[C@H]1CCCO1. The lowest BCUT2D eigenvalue weighted by Crippen LogP contribution is -2.24. The number of amides is 1. The molecular weight excluding hydrogens is 360 g/mol. The third-order valence-electron chi connectivity index (χ3n) is 4.05. The predicted octanol–water partition coefficient (Wildman–Crippen LogP) is 2.96. The van der Waals surface area contributed by atoms with Crippen LogP contribution in [0.5, 0.6) is 0 Å². The first-order valence-corrected chi connectivity index (χ1v) is 9.54. The van der Waals surface area contributed by atoms with Crippen LogP contribution in [0.1, 0.15) is 12.8 Å². The van der Waals surface area contributed by atoms with E-state index < -0.39 is 0 Å². The van der Waals surface area contributed by atoms with E-state index in [1.807, 2.05) is 28.8 Å². The molecule has 1 aliphatic rings. The minimum Gasteiger partial charge on any atom is -0.376 e. The highest BCUT2D eigenvalue weighted by Gasteiger charge is 2.22. The third-order valence-corrected chi connectivity index (χ3v) is 5.26. The minimum absolute atomic E-state index is 0.0460. The van der Waals surface area contributed by atoms with Gasteiger partial charge in [-0.3, -0.25) is 9.36 Å². The topological polar surface area (TPSA) is 60.2 Å². The van der Waals surface area contributed by atoms with Crippen LogP contribution in [-0.2, 0) is 16.1 Å². The molecule has 1 amide bonds. The van der Waals surface area contributed by atoms with Gasteiger partial charge in [0.2, 0.25) is 5.91 Å². The highest BCUT2D eigenvalue weighted by atomic mass is 35.5. The summed E-state index contributed by atoms with van der Waals surface area (Å²) >= 11 is 7.39. The molecule has 3 rings (SSSR count). The molecule has 1 fully saturated rings. The number of carbonyl (C=O) groups excluding carboxylic acids is 1. The van der Waals surface area contributed by atoms with Gasteiger partial charge in [-0.05, 0) is 37.1 Å². The summed E-state index contributed by atoms with van der Waals surface area (Å²) in [5, 5.41) is 10.1. The van der Waals surface area contributed by atoms with Crippen LogP contribution in [0.25, 0.3) is 11.4 Å². The second-order valence-electron chi connectivity index (χ2n) is 6.14. The number of aromatic nitrogens is 3. The number of rotatable bonds is 6. The van der Waals surface area contributed by atoms with Gasteiger partial charge in [-0.15, -0.1) is 10.2 Å².